The summed E-state index contributed by atoms with van der Waals surface area (Å²) in [6.07, 6.45) is 0.925. The van der Waals surface area contributed by atoms with Gasteiger partial charge >= 0.3 is 0 Å². The highest BCUT2D eigenvalue weighted by atomic mass is 32.2. The molecule has 0 aromatic heterocycles. The van der Waals surface area contributed by atoms with E-state index in [1.807, 2.05) is 0 Å². The van der Waals surface area contributed by atoms with E-state index in [9.17, 15) is 17.6 Å². The zero-order chi connectivity index (χ0) is 15.9. The van der Waals surface area contributed by atoms with Crippen LogP contribution in [0.3, 0.4) is 0 Å². The lowest BCUT2D eigenvalue weighted by Crippen LogP contribution is -2.34. The van der Waals surface area contributed by atoms with Crippen LogP contribution >= 0.6 is 0 Å². The third-order valence-electron chi connectivity index (χ3n) is 2.65. The van der Waals surface area contributed by atoms with Crippen molar-refractivity contribution in [2.45, 2.75) is 12.5 Å². The van der Waals surface area contributed by atoms with Crippen LogP contribution in [-0.4, -0.2) is 40.8 Å². The van der Waals surface area contributed by atoms with Crippen LogP contribution in [0.5, 0.6) is 0 Å². The first-order valence-electron chi connectivity index (χ1n) is 6.30. The monoisotopic (exact) mass is 318 g/mol. The molecule has 1 amide bonds. The maximum atomic E-state index is 12.9. The van der Waals surface area contributed by atoms with Crippen molar-refractivity contribution in [3.05, 3.63) is 35.6 Å². The Morgan fingerprint density at radius 1 is 1.33 bits per heavy atom. The van der Waals surface area contributed by atoms with E-state index in [0.717, 1.165) is 6.26 Å². The summed E-state index contributed by atoms with van der Waals surface area (Å²) in [6, 6.07) is 4.58. The molecule has 118 valence electrons. The average molecular weight is 318 g/mol. The molecule has 1 rings (SSSR count). The van der Waals surface area contributed by atoms with Gasteiger partial charge < -0.3 is 10.1 Å². The molecule has 2 N–H and O–H groups in total. The van der Waals surface area contributed by atoms with E-state index in [4.69, 9.17) is 4.74 Å². The van der Waals surface area contributed by atoms with E-state index in [2.05, 4.69) is 10.0 Å². The average Bonchev–Trinajstić information content (AvgIpc) is 2.37. The molecule has 0 heterocycles. The van der Waals surface area contributed by atoms with Gasteiger partial charge in [0.2, 0.25) is 15.9 Å². The van der Waals surface area contributed by atoms with Gasteiger partial charge in [0.05, 0.1) is 18.9 Å². The van der Waals surface area contributed by atoms with Gasteiger partial charge in [0.1, 0.15) is 5.82 Å². The number of methoxy groups -OCH3 is 1. The lowest BCUT2D eigenvalue weighted by molar-refractivity contribution is -0.121. The van der Waals surface area contributed by atoms with E-state index < -0.39 is 21.9 Å². The summed E-state index contributed by atoms with van der Waals surface area (Å²) in [7, 11) is -1.99. The van der Waals surface area contributed by atoms with Crippen molar-refractivity contribution < 1.29 is 22.3 Å². The van der Waals surface area contributed by atoms with Crippen molar-refractivity contribution in [3.8, 4) is 0 Å². The molecular formula is C13H19FN2O4S. The van der Waals surface area contributed by atoms with Gasteiger partial charge in [0, 0.05) is 20.1 Å². The Morgan fingerprint density at radius 2 is 1.95 bits per heavy atom. The summed E-state index contributed by atoms with van der Waals surface area (Å²) in [5.74, 6) is -0.751. The minimum Gasteiger partial charge on any atom is -0.383 e. The number of carbonyl (C=O) groups is 1. The summed E-state index contributed by atoms with van der Waals surface area (Å²) in [6.45, 7) is 0.705. The van der Waals surface area contributed by atoms with Gasteiger partial charge in [-0.1, -0.05) is 12.1 Å². The van der Waals surface area contributed by atoms with Crippen molar-refractivity contribution in [1.29, 1.82) is 0 Å². The van der Waals surface area contributed by atoms with E-state index >= 15 is 0 Å². The van der Waals surface area contributed by atoms with E-state index in [0.29, 0.717) is 18.7 Å². The Hall–Kier alpha value is -1.51. The highest BCUT2D eigenvalue weighted by Crippen LogP contribution is 2.18. The number of hydrogen-bond acceptors (Lipinski definition) is 4. The first kappa shape index (κ1) is 17.5. The third kappa shape index (κ3) is 7.16. The smallest absolute Gasteiger partial charge is 0.222 e. The largest absolute Gasteiger partial charge is 0.383 e. The molecule has 0 fully saturated rings. The topological polar surface area (TPSA) is 84.5 Å². The number of hydrogen-bond donors (Lipinski definition) is 2. The maximum absolute atomic E-state index is 12.9. The van der Waals surface area contributed by atoms with Crippen molar-refractivity contribution in [3.63, 3.8) is 0 Å². The summed E-state index contributed by atoms with van der Waals surface area (Å²) in [4.78, 5) is 11.8. The zero-order valence-electron chi connectivity index (χ0n) is 11.9. The van der Waals surface area contributed by atoms with Crippen molar-refractivity contribution in [2.75, 3.05) is 26.5 Å². The summed E-state index contributed by atoms with van der Waals surface area (Å²) >= 11 is 0. The normalized spacial score (nSPS) is 12.9. The number of ether oxygens (including phenoxy) is 1. The minimum absolute atomic E-state index is 0.0809. The molecule has 0 bridgehead atoms. The van der Waals surface area contributed by atoms with Crippen molar-refractivity contribution in [2.24, 2.45) is 0 Å². The number of carbonyl (C=O) groups excluding carboxylic acids is 1. The molecule has 0 saturated carbocycles. The molecule has 0 radical (unpaired) electrons. The lowest BCUT2D eigenvalue weighted by atomic mass is 10.0. The van der Waals surface area contributed by atoms with Crippen LogP contribution in [0.1, 0.15) is 18.0 Å². The Bertz CT molecular complexity index is 560. The Labute approximate surface area is 123 Å². The second-order valence-electron chi connectivity index (χ2n) is 4.54. The van der Waals surface area contributed by atoms with Gasteiger partial charge in [0.15, 0.2) is 0 Å². The maximum Gasteiger partial charge on any atom is 0.222 e. The van der Waals surface area contributed by atoms with Crippen LogP contribution < -0.4 is 10.0 Å². The number of halogens is 1. The van der Waals surface area contributed by atoms with E-state index in [1.165, 1.54) is 31.4 Å². The molecule has 21 heavy (non-hydrogen) atoms. The van der Waals surface area contributed by atoms with E-state index in [1.54, 1.807) is 0 Å². The SMILES string of the molecule is COCCNC(=O)C[C@@H](NS(C)(=O)=O)c1ccc(F)cc1. The van der Waals surface area contributed by atoms with Crippen LogP contribution in [0.4, 0.5) is 4.39 Å². The van der Waals surface area contributed by atoms with Gasteiger partial charge in [-0.15, -0.1) is 0 Å². The first-order chi connectivity index (χ1) is 9.81. The summed E-state index contributed by atoms with van der Waals surface area (Å²) in [5.41, 5.74) is 0.517. The number of amides is 1. The summed E-state index contributed by atoms with van der Waals surface area (Å²) < 4.78 is 42.9. The molecule has 0 aliphatic rings. The van der Waals surface area contributed by atoms with Crippen molar-refractivity contribution >= 4 is 15.9 Å². The molecule has 0 aliphatic heterocycles. The number of sulfonamides is 1. The Kier molecular flexibility index (Phi) is 6.73. The van der Waals surface area contributed by atoms with Gasteiger partial charge in [0.25, 0.3) is 0 Å². The predicted octanol–water partition coefficient (Wildman–Crippen LogP) is 0.569. The first-order valence-corrected chi connectivity index (χ1v) is 8.19. The van der Waals surface area contributed by atoms with Gasteiger partial charge in [-0.25, -0.2) is 17.5 Å². The number of benzene rings is 1. The second-order valence-corrected chi connectivity index (χ2v) is 6.32. The van der Waals surface area contributed by atoms with Crippen LogP contribution in [0, 0.1) is 5.82 Å². The quantitative estimate of drug-likeness (QED) is 0.686. The molecule has 1 atom stereocenters. The Morgan fingerprint density at radius 3 is 2.48 bits per heavy atom. The fourth-order valence-electron chi connectivity index (χ4n) is 1.73. The minimum atomic E-state index is -3.50. The van der Waals surface area contributed by atoms with E-state index in [-0.39, 0.29) is 12.3 Å². The fraction of sp³-hybridized carbons (Fsp3) is 0.462. The molecule has 8 heteroatoms. The fourth-order valence-corrected chi connectivity index (χ4v) is 2.47. The van der Waals surface area contributed by atoms with Gasteiger partial charge in [-0.2, -0.15) is 0 Å². The van der Waals surface area contributed by atoms with Crippen LogP contribution in [0.15, 0.2) is 24.3 Å². The second kappa shape index (κ2) is 8.06. The van der Waals surface area contributed by atoms with Gasteiger partial charge in [-0.3, -0.25) is 4.79 Å². The molecule has 1 aromatic carbocycles. The molecule has 0 saturated heterocycles. The zero-order valence-corrected chi connectivity index (χ0v) is 12.7. The lowest BCUT2D eigenvalue weighted by Gasteiger charge is -2.17. The molecule has 6 nitrogen and oxygen atoms in total. The molecule has 0 aliphatic carbocycles. The number of nitrogens with one attached hydrogen (secondary N) is 2. The highest BCUT2D eigenvalue weighted by Gasteiger charge is 2.19. The van der Waals surface area contributed by atoms with Gasteiger partial charge in [-0.05, 0) is 17.7 Å². The van der Waals surface area contributed by atoms with Crippen LogP contribution in [0.25, 0.3) is 0 Å². The van der Waals surface area contributed by atoms with Crippen molar-refractivity contribution in [1.82, 2.24) is 10.0 Å². The third-order valence-corrected chi connectivity index (χ3v) is 3.36. The standard InChI is InChI=1S/C13H19FN2O4S/c1-20-8-7-15-13(17)9-12(16-21(2,18)19)10-3-5-11(14)6-4-10/h3-6,12,16H,7-9H2,1-2H3,(H,15,17)/t12-/m1/s1. The van der Waals surface area contributed by atoms with Crippen LogP contribution in [0.2, 0.25) is 0 Å². The molecular weight excluding hydrogens is 299 g/mol. The molecule has 0 unspecified atom stereocenters. The Balaban J connectivity index is 2.78. The molecule has 0 spiro atoms. The van der Waals surface area contributed by atoms with Crippen LogP contribution in [-0.2, 0) is 19.6 Å². The summed E-state index contributed by atoms with van der Waals surface area (Å²) in [5, 5.41) is 2.61. The number of rotatable bonds is 8. The highest BCUT2D eigenvalue weighted by molar-refractivity contribution is 7.88. The molecule has 1 aromatic rings. The predicted molar refractivity (Wildman–Crippen MR) is 76.6 cm³/mol.